The molecular weight excluding hydrogens is 517 g/mol. The molecule has 11 heteroatoms. The molecule has 3 aromatic rings. The molecule has 0 heterocycles. The van der Waals surface area contributed by atoms with Gasteiger partial charge in [-0.3, -0.25) is 9.10 Å². The zero-order valence-electron chi connectivity index (χ0n) is 19.1. The molecule has 1 atom stereocenters. The van der Waals surface area contributed by atoms with Crippen LogP contribution < -0.4 is 13.8 Å². The summed E-state index contributed by atoms with van der Waals surface area (Å²) < 4.78 is 43.6. The fourth-order valence-electron chi connectivity index (χ4n) is 3.42. The van der Waals surface area contributed by atoms with Crippen LogP contribution in [0.3, 0.4) is 0 Å². The van der Waals surface area contributed by atoms with Crippen LogP contribution in [0.5, 0.6) is 11.5 Å². The van der Waals surface area contributed by atoms with Crippen molar-refractivity contribution in [3.05, 3.63) is 81.8 Å². The fourth-order valence-corrected chi connectivity index (χ4v) is 5.29. The van der Waals surface area contributed by atoms with Crippen molar-refractivity contribution in [1.82, 2.24) is 0 Å². The highest BCUT2D eigenvalue weighted by atomic mass is 35.5. The van der Waals surface area contributed by atoms with E-state index in [1.807, 2.05) is 0 Å². The predicted octanol–water partition coefficient (Wildman–Crippen LogP) is 4.46. The monoisotopic (exact) mass is 539 g/mol. The van der Waals surface area contributed by atoms with Crippen molar-refractivity contribution in [2.75, 3.05) is 32.2 Å². The van der Waals surface area contributed by atoms with Crippen molar-refractivity contribution < 1.29 is 32.5 Å². The van der Waals surface area contributed by atoms with Gasteiger partial charge in [0, 0.05) is 27.2 Å². The number of rotatable bonds is 9. The maximum atomic E-state index is 13.8. The van der Waals surface area contributed by atoms with Gasteiger partial charge in [-0.2, -0.15) is 0 Å². The Balaban J connectivity index is 2.22. The molecule has 35 heavy (non-hydrogen) atoms. The standard InChI is InChI=1S/C24H23Cl2NO7S/c1-32-21-11-9-16(13-22(21)33-2)35(30,31)27(14-23(28)34-3)20-10-8-15(25)12-18(20)24(29)17-6-4-5-7-19(17)26/h4-13,24,29H,14H2,1-3H3. The van der Waals surface area contributed by atoms with E-state index in [0.29, 0.717) is 11.3 Å². The van der Waals surface area contributed by atoms with Crippen LogP contribution in [0.15, 0.2) is 65.6 Å². The molecule has 0 aliphatic heterocycles. The lowest BCUT2D eigenvalue weighted by molar-refractivity contribution is -0.138. The third-order valence-electron chi connectivity index (χ3n) is 5.20. The molecule has 3 rings (SSSR count). The molecule has 0 radical (unpaired) electrons. The van der Waals surface area contributed by atoms with E-state index in [-0.39, 0.29) is 31.9 Å². The van der Waals surface area contributed by atoms with Crippen LogP contribution in [0.25, 0.3) is 0 Å². The molecule has 0 aliphatic rings. The largest absolute Gasteiger partial charge is 0.493 e. The summed E-state index contributed by atoms with van der Waals surface area (Å²) in [7, 11) is -0.429. The Kier molecular flexibility index (Phi) is 8.50. The SMILES string of the molecule is COC(=O)CN(c1ccc(Cl)cc1C(O)c1ccccc1Cl)S(=O)(=O)c1ccc(OC)c(OC)c1. The molecule has 8 nitrogen and oxygen atoms in total. The highest BCUT2D eigenvalue weighted by molar-refractivity contribution is 7.92. The number of benzene rings is 3. The van der Waals surface area contributed by atoms with Gasteiger partial charge in [0.2, 0.25) is 0 Å². The molecule has 0 fully saturated rings. The van der Waals surface area contributed by atoms with Crippen LogP contribution in [0, 0.1) is 0 Å². The molecule has 0 aliphatic carbocycles. The number of ether oxygens (including phenoxy) is 3. The molecule has 0 saturated heterocycles. The average Bonchev–Trinajstić information content (AvgIpc) is 2.86. The van der Waals surface area contributed by atoms with E-state index in [2.05, 4.69) is 0 Å². The van der Waals surface area contributed by atoms with Crippen LogP contribution in [-0.4, -0.2) is 47.4 Å². The number of hydrogen-bond donors (Lipinski definition) is 1. The zero-order valence-corrected chi connectivity index (χ0v) is 21.4. The summed E-state index contributed by atoms with van der Waals surface area (Å²) in [5.74, 6) is -0.312. The second kappa shape index (κ2) is 11.2. The number of methoxy groups -OCH3 is 3. The molecule has 0 aromatic heterocycles. The van der Waals surface area contributed by atoms with E-state index < -0.39 is 28.6 Å². The lowest BCUT2D eigenvalue weighted by Gasteiger charge is -2.28. The number of halogens is 2. The van der Waals surface area contributed by atoms with Crippen molar-refractivity contribution in [1.29, 1.82) is 0 Å². The van der Waals surface area contributed by atoms with Gasteiger partial charge in [0.15, 0.2) is 11.5 Å². The van der Waals surface area contributed by atoms with Gasteiger partial charge < -0.3 is 19.3 Å². The number of sulfonamides is 1. The Morgan fingerprint density at radius 1 is 0.943 bits per heavy atom. The number of carbonyl (C=O) groups is 1. The van der Waals surface area contributed by atoms with Gasteiger partial charge in [0.1, 0.15) is 12.6 Å². The summed E-state index contributed by atoms with van der Waals surface area (Å²) in [5.41, 5.74) is 0.472. The summed E-state index contributed by atoms with van der Waals surface area (Å²) in [6, 6.07) is 14.9. The van der Waals surface area contributed by atoms with E-state index >= 15 is 0 Å². The smallest absolute Gasteiger partial charge is 0.326 e. The molecule has 3 aromatic carbocycles. The van der Waals surface area contributed by atoms with Gasteiger partial charge in [0.05, 0.1) is 31.9 Å². The summed E-state index contributed by atoms with van der Waals surface area (Å²) in [6.45, 7) is -0.670. The second-order valence-corrected chi connectivity index (χ2v) is 9.94. The van der Waals surface area contributed by atoms with Gasteiger partial charge in [-0.05, 0) is 36.4 Å². The summed E-state index contributed by atoms with van der Waals surface area (Å²) in [6.07, 6.45) is -1.35. The van der Waals surface area contributed by atoms with Crippen LogP contribution in [-0.2, 0) is 19.6 Å². The van der Waals surface area contributed by atoms with Crippen LogP contribution >= 0.6 is 23.2 Å². The molecular formula is C24H23Cl2NO7S. The fraction of sp³-hybridized carbons (Fsp3) is 0.208. The topological polar surface area (TPSA) is 102 Å². The van der Waals surface area contributed by atoms with Gasteiger partial charge >= 0.3 is 5.97 Å². The van der Waals surface area contributed by atoms with Crippen molar-refractivity contribution in [2.24, 2.45) is 0 Å². The quantitative estimate of drug-likeness (QED) is 0.400. The minimum atomic E-state index is -4.37. The zero-order chi connectivity index (χ0) is 25.8. The minimum Gasteiger partial charge on any atom is -0.493 e. The van der Waals surface area contributed by atoms with Crippen LogP contribution in [0.1, 0.15) is 17.2 Å². The Morgan fingerprint density at radius 2 is 1.63 bits per heavy atom. The summed E-state index contributed by atoms with van der Waals surface area (Å²) in [4.78, 5) is 12.1. The first kappa shape index (κ1) is 26.6. The lowest BCUT2D eigenvalue weighted by atomic mass is 9.99. The molecule has 0 spiro atoms. The number of esters is 1. The van der Waals surface area contributed by atoms with Crippen LogP contribution in [0.4, 0.5) is 5.69 Å². The molecule has 1 unspecified atom stereocenters. The molecule has 186 valence electrons. The van der Waals surface area contributed by atoms with Gasteiger partial charge in [-0.1, -0.05) is 41.4 Å². The summed E-state index contributed by atoms with van der Waals surface area (Å²) >= 11 is 12.5. The minimum absolute atomic E-state index is 0.0157. The van der Waals surface area contributed by atoms with Crippen molar-refractivity contribution in [2.45, 2.75) is 11.0 Å². The highest BCUT2D eigenvalue weighted by Gasteiger charge is 2.32. The van der Waals surface area contributed by atoms with E-state index in [0.717, 1.165) is 11.4 Å². The van der Waals surface area contributed by atoms with Gasteiger partial charge in [-0.25, -0.2) is 8.42 Å². The van der Waals surface area contributed by atoms with E-state index in [1.165, 1.54) is 50.6 Å². The number of aliphatic hydroxyl groups excluding tert-OH is 1. The van der Waals surface area contributed by atoms with Crippen molar-refractivity contribution in [3.63, 3.8) is 0 Å². The predicted molar refractivity (Wildman–Crippen MR) is 133 cm³/mol. The number of aliphatic hydroxyl groups is 1. The highest BCUT2D eigenvalue weighted by Crippen LogP contribution is 2.38. The third-order valence-corrected chi connectivity index (χ3v) is 7.53. The lowest BCUT2D eigenvalue weighted by Crippen LogP contribution is -2.37. The first-order valence-electron chi connectivity index (χ1n) is 10.2. The van der Waals surface area contributed by atoms with Crippen molar-refractivity contribution >= 4 is 44.9 Å². The first-order chi connectivity index (χ1) is 16.6. The Morgan fingerprint density at radius 3 is 2.26 bits per heavy atom. The van der Waals surface area contributed by atoms with Gasteiger partial charge in [-0.15, -0.1) is 0 Å². The van der Waals surface area contributed by atoms with E-state index in [1.54, 1.807) is 24.3 Å². The maximum Gasteiger partial charge on any atom is 0.326 e. The Labute approximate surface area is 213 Å². The van der Waals surface area contributed by atoms with Crippen LogP contribution in [0.2, 0.25) is 10.0 Å². The molecule has 0 saturated carbocycles. The summed E-state index contributed by atoms with van der Waals surface area (Å²) in [5, 5.41) is 11.7. The number of carbonyl (C=O) groups excluding carboxylic acids is 1. The first-order valence-corrected chi connectivity index (χ1v) is 12.4. The normalized spacial score (nSPS) is 12.1. The molecule has 0 bridgehead atoms. The third kappa shape index (κ3) is 5.65. The van der Waals surface area contributed by atoms with Crippen molar-refractivity contribution in [3.8, 4) is 11.5 Å². The van der Waals surface area contributed by atoms with E-state index in [9.17, 15) is 18.3 Å². The molecule has 0 amide bonds. The maximum absolute atomic E-state index is 13.8. The molecule has 1 N–H and O–H groups in total. The van der Waals surface area contributed by atoms with Gasteiger partial charge in [0.25, 0.3) is 10.0 Å². The van der Waals surface area contributed by atoms with E-state index in [4.69, 9.17) is 37.4 Å². The number of hydrogen-bond acceptors (Lipinski definition) is 7. The Hall–Kier alpha value is -2.98. The number of nitrogens with zero attached hydrogens (tertiary/aromatic N) is 1. The Bertz CT molecular complexity index is 1330. The average molecular weight is 540 g/mol. The second-order valence-electron chi connectivity index (χ2n) is 7.23. The number of anilines is 1.